The molecule has 0 bridgehead atoms. The zero-order chi connectivity index (χ0) is 14.8. The molecule has 5 nitrogen and oxygen atoms in total. The summed E-state index contributed by atoms with van der Waals surface area (Å²) in [6.07, 6.45) is 6.86. The van der Waals surface area contributed by atoms with Crippen LogP contribution in [0, 0.1) is 0 Å². The van der Waals surface area contributed by atoms with Gasteiger partial charge in [-0.2, -0.15) is 0 Å². The summed E-state index contributed by atoms with van der Waals surface area (Å²) < 4.78 is 21.3. The Hall–Kier alpha value is -0.910. The number of ether oxygens (including phenoxy) is 4. The van der Waals surface area contributed by atoms with Gasteiger partial charge in [-0.25, -0.2) is 4.79 Å². The van der Waals surface area contributed by atoms with Gasteiger partial charge in [0, 0.05) is 6.61 Å². The summed E-state index contributed by atoms with van der Waals surface area (Å²) in [6.45, 7) is 7.11. The Kier molecular flexibility index (Phi) is 7.80. The Morgan fingerprint density at radius 3 is 2.65 bits per heavy atom. The average molecular weight is 286 g/mol. The molecule has 5 heteroatoms. The molecule has 0 aliphatic carbocycles. The largest absolute Gasteiger partial charge is 0.458 e. The number of carbonyl (C=O) groups excluding carboxylic acids is 1. The molecule has 1 aliphatic heterocycles. The predicted molar refractivity (Wildman–Crippen MR) is 75.3 cm³/mol. The maximum Gasteiger partial charge on any atom is 0.332 e. The van der Waals surface area contributed by atoms with Gasteiger partial charge in [0.05, 0.1) is 13.2 Å². The summed E-state index contributed by atoms with van der Waals surface area (Å²) in [6, 6.07) is 0. The quantitative estimate of drug-likeness (QED) is 0.409. The number of carbonyl (C=O) groups is 1. The van der Waals surface area contributed by atoms with Crippen LogP contribution in [-0.2, 0) is 23.7 Å². The highest BCUT2D eigenvalue weighted by Crippen LogP contribution is 2.13. The number of hydrogen-bond acceptors (Lipinski definition) is 5. The van der Waals surface area contributed by atoms with Crippen molar-refractivity contribution in [3.8, 4) is 0 Å². The van der Waals surface area contributed by atoms with Crippen molar-refractivity contribution in [1.29, 1.82) is 0 Å². The molecule has 0 radical (unpaired) electrons. The second-order valence-electron chi connectivity index (χ2n) is 5.70. The van der Waals surface area contributed by atoms with Crippen molar-refractivity contribution in [1.82, 2.24) is 0 Å². The lowest BCUT2D eigenvalue weighted by Crippen LogP contribution is -2.26. The summed E-state index contributed by atoms with van der Waals surface area (Å²) in [5.74, 6) is -0.349. The van der Waals surface area contributed by atoms with E-state index in [1.807, 2.05) is 32.9 Å². The summed E-state index contributed by atoms with van der Waals surface area (Å²) in [5, 5.41) is 0. The molecule has 20 heavy (non-hydrogen) atoms. The van der Waals surface area contributed by atoms with E-state index >= 15 is 0 Å². The van der Waals surface area contributed by atoms with Crippen LogP contribution in [0.3, 0.4) is 0 Å². The van der Waals surface area contributed by atoms with Crippen LogP contribution < -0.4 is 0 Å². The lowest BCUT2D eigenvalue weighted by Gasteiger charge is -2.21. The van der Waals surface area contributed by atoms with E-state index in [1.54, 1.807) is 0 Å². The van der Waals surface area contributed by atoms with Crippen LogP contribution in [0.5, 0.6) is 0 Å². The van der Waals surface area contributed by atoms with E-state index in [4.69, 9.17) is 18.9 Å². The summed E-state index contributed by atoms with van der Waals surface area (Å²) >= 11 is 0. The van der Waals surface area contributed by atoms with Crippen molar-refractivity contribution < 1.29 is 23.7 Å². The molecular formula is C15H26O5. The van der Waals surface area contributed by atoms with E-state index in [9.17, 15) is 4.79 Å². The lowest BCUT2D eigenvalue weighted by atomic mass is 10.2. The van der Waals surface area contributed by atoms with Gasteiger partial charge in [0.1, 0.15) is 12.2 Å². The summed E-state index contributed by atoms with van der Waals surface area (Å²) in [4.78, 5) is 11.3. The molecule has 0 aromatic heterocycles. The van der Waals surface area contributed by atoms with Crippen LogP contribution in [0.15, 0.2) is 12.2 Å². The number of rotatable bonds is 7. The minimum absolute atomic E-state index is 0.0335. The predicted octanol–water partition coefficient (Wildman–Crippen LogP) is 2.44. The van der Waals surface area contributed by atoms with E-state index < -0.39 is 5.60 Å². The van der Waals surface area contributed by atoms with Crippen LogP contribution in [0.25, 0.3) is 0 Å². The van der Waals surface area contributed by atoms with Gasteiger partial charge in [-0.05, 0) is 40.0 Å². The highest BCUT2D eigenvalue weighted by atomic mass is 16.7. The van der Waals surface area contributed by atoms with Crippen LogP contribution >= 0.6 is 0 Å². The standard InChI is InChI=1S/C15H26O5/c1-15(2,3)20-13(16)12-17-9-6-7-11-19-14-8-4-5-10-18-14/h6-7,14H,4-5,8-12H2,1-3H3. The SMILES string of the molecule is CC(C)(C)OC(=O)COCC=CCOC1CCCCO1. The highest BCUT2D eigenvalue weighted by Gasteiger charge is 2.15. The molecule has 1 saturated heterocycles. The van der Waals surface area contributed by atoms with E-state index in [2.05, 4.69) is 0 Å². The molecule has 1 fully saturated rings. The monoisotopic (exact) mass is 286 g/mol. The average Bonchev–Trinajstić information content (AvgIpc) is 2.37. The maximum absolute atomic E-state index is 11.3. The molecule has 0 spiro atoms. The Morgan fingerprint density at radius 2 is 2.00 bits per heavy atom. The van der Waals surface area contributed by atoms with Gasteiger partial charge in [-0.15, -0.1) is 0 Å². The fourth-order valence-corrected chi connectivity index (χ4v) is 1.72. The smallest absolute Gasteiger partial charge is 0.332 e. The van der Waals surface area contributed by atoms with E-state index in [-0.39, 0.29) is 18.9 Å². The molecule has 1 atom stereocenters. The van der Waals surface area contributed by atoms with Crippen LogP contribution in [0.4, 0.5) is 0 Å². The third-order valence-corrected chi connectivity index (χ3v) is 2.54. The Balaban J connectivity index is 1.97. The molecule has 1 unspecified atom stereocenters. The summed E-state index contributed by atoms with van der Waals surface area (Å²) in [7, 11) is 0. The first kappa shape index (κ1) is 17.1. The van der Waals surface area contributed by atoms with Gasteiger partial charge in [0.15, 0.2) is 6.29 Å². The normalized spacial score (nSPS) is 20.2. The fourth-order valence-electron chi connectivity index (χ4n) is 1.72. The summed E-state index contributed by atoms with van der Waals surface area (Å²) in [5.41, 5.74) is -0.468. The third kappa shape index (κ3) is 9.07. The molecule has 1 rings (SSSR count). The molecule has 0 amide bonds. The van der Waals surface area contributed by atoms with Crippen molar-refractivity contribution in [3.63, 3.8) is 0 Å². The zero-order valence-electron chi connectivity index (χ0n) is 12.7. The minimum Gasteiger partial charge on any atom is -0.458 e. The Bertz CT molecular complexity index is 300. The van der Waals surface area contributed by atoms with Crippen molar-refractivity contribution in [3.05, 3.63) is 12.2 Å². The maximum atomic E-state index is 11.3. The molecule has 1 aliphatic rings. The zero-order valence-corrected chi connectivity index (χ0v) is 12.7. The first-order chi connectivity index (χ1) is 9.47. The first-order valence-electron chi connectivity index (χ1n) is 7.15. The molecule has 0 aromatic rings. The fraction of sp³-hybridized carbons (Fsp3) is 0.800. The third-order valence-electron chi connectivity index (χ3n) is 2.54. The van der Waals surface area contributed by atoms with E-state index in [0.717, 1.165) is 25.9 Å². The second kappa shape index (κ2) is 9.10. The minimum atomic E-state index is -0.468. The Morgan fingerprint density at radius 1 is 1.25 bits per heavy atom. The van der Waals surface area contributed by atoms with Crippen molar-refractivity contribution >= 4 is 5.97 Å². The van der Waals surface area contributed by atoms with Gasteiger partial charge >= 0.3 is 5.97 Å². The van der Waals surface area contributed by atoms with Crippen LogP contribution in [0.1, 0.15) is 40.0 Å². The molecule has 0 N–H and O–H groups in total. The van der Waals surface area contributed by atoms with Crippen LogP contribution in [-0.4, -0.2) is 44.3 Å². The van der Waals surface area contributed by atoms with E-state index in [0.29, 0.717) is 13.2 Å². The topological polar surface area (TPSA) is 54.0 Å². The molecule has 1 heterocycles. The molecule has 116 valence electrons. The molecule has 0 aromatic carbocycles. The number of hydrogen-bond donors (Lipinski definition) is 0. The van der Waals surface area contributed by atoms with Crippen LogP contribution in [0.2, 0.25) is 0 Å². The van der Waals surface area contributed by atoms with Gasteiger partial charge in [0.25, 0.3) is 0 Å². The van der Waals surface area contributed by atoms with Gasteiger partial charge in [-0.1, -0.05) is 12.2 Å². The molecule has 0 saturated carbocycles. The molecular weight excluding hydrogens is 260 g/mol. The first-order valence-corrected chi connectivity index (χ1v) is 7.15. The van der Waals surface area contributed by atoms with Gasteiger partial charge < -0.3 is 18.9 Å². The van der Waals surface area contributed by atoms with Crippen molar-refractivity contribution in [2.75, 3.05) is 26.4 Å². The van der Waals surface area contributed by atoms with Crippen molar-refractivity contribution in [2.24, 2.45) is 0 Å². The lowest BCUT2D eigenvalue weighted by molar-refractivity contribution is -0.159. The Labute approximate surface area is 121 Å². The highest BCUT2D eigenvalue weighted by molar-refractivity contribution is 5.71. The van der Waals surface area contributed by atoms with Gasteiger partial charge in [0.2, 0.25) is 0 Å². The van der Waals surface area contributed by atoms with E-state index in [1.165, 1.54) is 0 Å². The number of esters is 1. The second-order valence-corrected chi connectivity index (χ2v) is 5.70. The van der Waals surface area contributed by atoms with Gasteiger partial charge in [-0.3, -0.25) is 0 Å². The van der Waals surface area contributed by atoms with Crippen molar-refractivity contribution in [2.45, 2.75) is 51.9 Å².